The van der Waals surface area contributed by atoms with Gasteiger partial charge in [0, 0.05) is 25.6 Å². The third kappa shape index (κ3) is 6.90. The van der Waals surface area contributed by atoms with Crippen molar-refractivity contribution in [1.82, 2.24) is 10.6 Å². The maximum Gasteiger partial charge on any atom is 0.304 e. The molecular formula is C10H20N2O3. The van der Waals surface area contributed by atoms with Crippen LogP contribution in [0.5, 0.6) is 0 Å². The summed E-state index contributed by atoms with van der Waals surface area (Å²) in [4.78, 5) is 21.7. The van der Waals surface area contributed by atoms with Gasteiger partial charge in [0.15, 0.2) is 0 Å². The molecule has 2 unspecified atom stereocenters. The largest absolute Gasteiger partial charge is 0.481 e. The fourth-order valence-corrected chi connectivity index (χ4v) is 1.25. The van der Waals surface area contributed by atoms with Crippen LogP contribution in [-0.2, 0) is 9.59 Å². The summed E-state index contributed by atoms with van der Waals surface area (Å²) in [7, 11) is 1.55. The molecule has 0 fully saturated rings. The Balaban J connectivity index is 4.17. The van der Waals surface area contributed by atoms with Crippen molar-refractivity contribution in [3.63, 3.8) is 0 Å². The Kier molecular flexibility index (Phi) is 6.70. The Bertz CT molecular complexity index is 219. The lowest BCUT2D eigenvalue weighted by atomic mass is 10.1. The molecule has 2 atom stereocenters. The molecule has 0 heterocycles. The van der Waals surface area contributed by atoms with E-state index in [1.807, 2.05) is 13.8 Å². The predicted molar refractivity (Wildman–Crippen MR) is 57.6 cm³/mol. The van der Waals surface area contributed by atoms with Crippen molar-refractivity contribution in [1.29, 1.82) is 0 Å². The first-order valence-electron chi connectivity index (χ1n) is 5.18. The average Bonchev–Trinajstić information content (AvgIpc) is 2.16. The highest BCUT2D eigenvalue weighted by atomic mass is 16.4. The second-order valence-electron chi connectivity index (χ2n) is 3.65. The molecule has 1 amide bonds. The van der Waals surface area contributed by atoms with Gasteiger partial charge in [0.1, 0.15) is 0 Å². The normalized spacial score (nSPS) is 14.3. The molecule has 0 spiro atoms. The van der Waals surface area contributed by atoms with Gasteiger partial charge in [-0.1, -0.05) is 6.92 Å². The summed E-state index contributed by atoms with van der Waals surface area (Å²) >= 11 is 0. The van der Waals surface area contributed by atoms with Crippen LogP contribution >= 0.6 is 0 Å². The summed E-state index contributed by atoms with van der Waals surface area (Å²) in [6, 6.07) is -0.0728. The third-order valence-corrected chi connectivity index (χ3v) is 2.26. The monoisotopic (exact) mass is 216 g/mol. The van der Waals surface area contributed by atoms with Crippen LogP contribution in [0.4, 0.5) is 0 Å². The number of carbonyl (C=O) groups is 2. The van der Waals surface area contributed by atoms with E-state index >= 15 is 0 Å². The molecule has 0 saturated heterocycles. The van der Waals surface area contributed by atoms with Crippen LogP contribution in [0.1, 0.15) is 33.1 Å². The Labute approximate surface area is 90.2 Å². The first-order valence-corrected chi connectivity index (χ1v) is 5.18. The van der Waals surface area contributed by atoms with E-state index in [0.717, 1.165) is 6.42 Å². The van der Waals surface area contributed by atoms with Crippen molar-refractivity contribution >= 4 is 11.9 Å². The van der Waals surface area contributed by atoms with E-state index in [2.05, 4.69) is 10.6 Å². The molecular weight excluding hydrogens is 196 g/mol. The summed E-state index contributed by atoms with van der Waals surface area (Å²) in [6.07, 6.45) is 1.08. The van der Waals surface area contributed by atoms with Gasteiger partial charge in [0.25, 0.3) is 0 Å². The number of hydrogen-bond donors (Lipinski definition) is 3. The van der Waals surface area contributed by atoms with Gasteiger partial charge in [0.05, 0.1) is 6.42 Å². The fourth-order valence-electron chi connectivity index (χ4n) is 1.25. The van der Waals surface area contributed by atoms with E-state index in [-0.39, 0.29) is 30.8 Å². The molecule has 5 heteroatoms. The van der Waals surface area contributed by atoms with Crippen LogP contribution < -0.4 is 10.6 Å². The van der Waals surface area contributed by atoms with E-state index in [9.17, 15) is 9.59 Å². The molecule has 88 valence electrons. The molecule has 3 N–H and O–H groups in total. The lowest BCUT2D eigenvalue weighted by Crippen LogP contribution is -2.40. The number of amides is 1. The summed E-state index contributed by atoms with van der Waals surface area (Å²) < 4.78 is 0. The number of rotatable bonds is 7. The second-order valence-corrected chi connectivity index (χ2v) is 3.65. The standard InChI is InChI=1S/C10H20N2O3/c1-4-7(2)12-8(6-10(14)15)5-9(13)11-3/h7-8,12H,4-6H2,1-3H3,(H,11,13)(H,14,15). The maximum absolute atomic E-state index is 11.1. The number of aliphatic carboxylic acids is 1. The molecule has 0 aromatic heterocycles. The molecule has 0 aliphatic heterocycles. The van der Waals surface area contributed by atoms with Crippen molar-refractivity contribution in [2.75, 3.05) is 7.05 Å². The van der Waals surface area contributed by atoms with Crippen molar-refractivity contribution in [3.05, 3.63) is 0 Å². The molecule has 5 nitrogen and oxygen atoms in total. The van der Waals surface area contributed by atoms with E-state index < -0.39 is 5.97 Å². The van der Waals surface area contributed by atoms with Gasteiger partial charge in [-0.2, -0.15) is 0 Å². The third-order valence-electron chi connectivity index (χ3n) is 2.26. The van der Waals surface area contributed by atoms with Gasteiger partial charge >= 0.3 is 5.97 Å². The van der Waals surface area contributed by atoms with Crippen LogP contribution in [-0.4, -0.2) is 36.1 Å². The summed E-state index contributed by atoms with van der Waals surface area (Å²) in [5.41, 5.74) is 0. The van der Waals surface area contributed by atoms with Gasteiger partial charge in [-0.25, -0.2) is 0 Å². The van der Waals surface area contributed by atoms with Crippen LogP contribution in [0, 0.1) is 0 Å². The molecule has 0 radical (unpaired) electrons. The van der Waals surface area contributed by atoms with E-state index in [1.54, 1.807) is 7.05 Å². The zero-order chi connectivity index (χ0) is 11.8. The summed E-state index contributed by atoms with van der Waals surface area (Å²) in [5.74, 6) is -1.03. The topological polar surface area (TPSA) is 78.4 Å². The predicted octanol–water partition coefficient (Wildman–Crippen LogP) is 0.354. The van der Waals surface area contributed by atoms with Crippen LogP contribution in [0.3, 0.4) is 0 Å². The Morgan fingerprint density at radius 2 is 1.93 bits per heavy atom. The van der Waals surface area contributed by atoms with Gasteiger partial charge in [-0.3, -0.25) is 9.59 Å². The molecule has 0 rings (SSSR count). The molecule has 0 aliphatic carbocycles. The highest BCUT2D eigenvalue weighted by molar-refractivity contribution is 5.77. The van der Waals surface area contributed by atoms with Crippen molar-refractivity contribution < 1.29 is 14.7 Å². The van der Waals surface area contributed by atoms with Crippen molar-refractivity contribution in [3.8, 4) is 0 Å². The van der Waals surface area contributed by atoms with Gasteiger partial charge < -0.3 is 15.7 Å². The molecule has 15 heavy (non-hydrogen) atoms. The van der Waals surface area contributed by atoms with Crippen LogP contribution in [0.2, 0.25) is 0 Å². The van der Waals surface area contributed by atoms with Gasteiger partial charge in [-0.15, -0.1) is 0 Å². The van der Waals surface area contributed by atoms with Gasteiger partial charge in [0.2, 0.25) is 5.91 Å². The Morgan fingerprint density at radius 3 is 2.33 bits per heavy atom. The lowest BCUT2D eigenvalue weighted by molar-refractivity contribution is -0.137. The first kappa shape index (κ1) is 13.9. The number of carboxylic acid groups (broad SMARTS) is 1. The maximum atomic E-state index is 11.1. The second kappa shape index (κ2) is 7.23. The molecule has 0 bridgehead atoms. The molecule has 0 saturated carbocycles. The summed E-state index contributed by atoms with van der Waals surface area (Å²) in [6.45, 7) is 3.98. The van der Waals surface area contributed by atoms with Crippen LogP contribution in [0.15, 0.2) is 0 Å². The number of hydrogen-bond acceptors (Lipinski definition) is 3. The quantitative estimate of drug-likeness (QED) is 0.574. The molecule has 0 aromatic carbocycles. The Hall–Kier alpha value is -1.10. The van der Waals surface area contributed by atoms with Crippen molar-refractivity contribution in [2.24, 2.45) is 0 Å². The van der Waals surface area contributed by atoms with E-state index in [1.165, 1.54) is 0 Å². The highest BCUT2D eigenvalue weighted by Crippen LogP contribution is 2.02. The Morgan fingerprint density at radius 1 is 1.33 bits per heavy atom. The molecule has 0 aliphatic rings. The smallest absolute Gasteiger partial charge is 0.304 e. The van der Waals surface area contributed by atoms with Gasteiger partial charge in [-0.05, 0) is 13.3 Å². The minimum atomic E-state index is -0.889. The van der Waals surface area contributed by atoms with E-state index in [0.29, 0.717) is 0 Å². The number of nitrogens with one attached hydrogen (secondary N) is 2. The zero-order valence-electron chi connectivity index (χ0n) is 9.54. The fraction of sp³-hybridized carbons (Fsp3) is 0.800. The highest BCUT2D eigenvalue weighted by Gasteiger charge is 2.17. The molecule has 0 aromatic rings. The van der Waals surface area contributed by atoms with Crippen molar-refractivity contribution in [2.45, 2.75) is 45.2 Å². The minimum absolute atomic E-state index is 0.0300. The number of carboxylic acids is 1. The summed E-state index contributed by atoms with van der Waals surface area (Å²) in [5, 5.41) is 14.3. The zero-order valence-corrected chi connectivity index (χ0v) is 9.54. The minimum Gasteiger partial charge on any atom is -0.481 e. The number of carbonyl (C=O) groups excluding carboxylic acids is 1. The SMILES string of the molecule is CCC(C)NC(CC(=O)O)CC(=O)NC. The average molecular weight is 216 g/mol. The first-order chi connectivity index (χ1) is 6.99. The lowest BCUT2D eigenvalue weighted by Gasteiger charge is -2.20. The van der Waals surface area contributed by atoms with E-state index in [4.69, 9.17) is 5.11 Å². The van der Waals surface area contributed by atoms with Crippen LogP contribution in [0.25, 0.3) is 0 Å².